The molecule has 0 spiro atoms. The van der Waals surface area contributed by atoms with Crippen molar-refractivity contribution in [3.8, 4) is 0 Å². The summed E-state index contributed by atoms with van der Waals surface area (Å²) in [6, 6.07) is 8.70. The quantitative estimate of drug-likeness (QED) is 0.697. The second kappa shape index (κ2) is 5.17. The fourth-order valence-corrected chi connectivity index (χ4v) is 3.04. The van der Waals surface area contributed by atoms with Gasteiger partial charge in [-0.2, -0.15) is 0 Å². The molecule has 1 aliphatic heterocycles. The lowest BCUT2D eigenvalue weighted by Gasteiger charge is -2.06. The Morgan fingerprint density at radius 3 is 2.62 bits per heavy atom. The molecule has 1 N–H and O–H groups in total. The van der Waals surface area contributed by atoms with Gasteiger partial charge in [-0.3, -0.25) is 14.9 Å². The first kappa shape index (κ1) is 13.6. The molecular weight excluding hydrogens is 295 g/mol. The van der Waals surface area contributed by atoms with Crippen LogP contribution < -0.4 is 5.32 Å². The lowest BCUT2D eigenvalue weighted by molar-refractivity contribution is -0.387. The Balaban J connectivity index is 2.01. The third-order valence-corrected chi connectivity index (χ3v) is 4.10. The predicted molar refractivity (Wildman–Crippen MR) is 76.0 cm³/mol. The maximum atomic E-state index is 12.9. The summed E-state index contributed by atoms with van der Waals surface area (Å²) in [5, 5.41) is 13.8. The number of anilines is 1. The van der Waals surface area contributed by atoms with Crippen LogP contribution >= 0.6 is 11.8 Å². The molecule has 2 aromatic carbocycles. The van der Waals surface area contributed by atoms with E-state index in [9.17, 15) is 19.3 Å². The van der Waals surface area contributed by atoms with E-state index in [2.05, 4.69) is 5.32 Å². The largest absolute Gasteiger partial charge is 0.325 e. The van der Waals surface area contributed by atoms with Crippen molar-refractivity contribution in [3.05, 3.63) is 57.9 Å². The van der Waals surface area contributed by atoms with Crippen LogP contribution in [0.2, 0.25) is 0 Å². The Morgan fingerprint density at radius 2 is 1.95 bits per heavy atom. The number of hydrogen-bond acceptors (Lipinski definition) is 4. The highest BCUT2D eigenvalue weighted by molar-refractivity contribution is 7.99. The smallest absolute Gasteiger partial charge is 0.283 e. The molecule has 0 fully saturated rings. The molecule has 0 aromatic heterocycles. The van der Waals surface area contributed by atoms with Crippen molar-refractivity contribution in [3.63, 3.8) is 0 Å². The summed E-state index contributed by atoms with van der Waals surface area (Å²) in [6.07, 6.45) is 0.150. The highest BCUT2D eigenvalue weighted by atomic mass is 32.2. The number of fused-ring (bicyclic) bond motifs is 1. The number of carbonyl (C=O) groups excluding carboxylic acids is 1. The molecule has 21 heavy (non-hydrogen) atoms. The monoisotopic (exact) mass is 304 g/mol. The zero-order valence-corrected chi connectivity index (χ0v) is 11.4. The second-order valence-electron chi connectivity index (χ2n) is 4.52. The van der Waals surface area contributed by atoms with Gasteiger partial charge in [0.2, 0.25) is 5.91 Å². The fraction of sp³-hybridized carbons (Fsp3) is 0.0714. The van der Waals surface area contributed by atoms with Gasteiger partial charge in [-0.1, -0.05) is 11.8 Å². The van der Waals surface area contributed by atoms with Crippen molar-refractivity contribution in [1.82, 2.24) is 0 Å². The molecule has 0 bridgehead atoms. The minimum Gasteiger partial charge on any atom is -0.325 e. The third-order valence-electron chi connectivity index (χ3n) is 3.05. The minimum absolute atomic E-state index is 0.0559. The van der Waals surface area contributed by atoms with Crippen LogP contribution in [0.4, 0.5) is 15.8 Å². The molecule has 5 nitrogen and oxygen atoms in total. The van der Waals surface area contributed by atoms with E-state index >= 15 is 0 Å². The van der Waals surface area contributed by atoms with Gasteiger partial charge in [-0.05, 0) is 35.9 Å². The van der Waals surface area contributed by atoms with Crippen LogP contribution in [0.3, 0.4) is 0 Å². The van der Waals surface area contributed by atoms with Crippen molar-refractivity contribution in [2.45, 2.75) is 16.2 Å². The Kier molecular flexibility index (Phi) is 3.34. The first-order chi connectivity index (χ1) is 10.0. The Labute approximate surface area is 123 Å². The predicted octanol–water partition coefficient (Wildman–Crippen LogP) is 3.38. The van der Waals surface area contributed by atoms with Crippen LogP contribution in [0, 0.1) is 15.9 Å². The lowest BCUT2D eigenvalue weighted by atomic mass is 10.1. The number of nitro benzene ring substituents is 1. The van der Waals surface area contributed by atoms with E-state index in [1.165, 1.54) is 18.2 Å². The van der Waals surface area contributed by atoms with Gasteiger partial charge in [-0.25, -0.2) is 4.39 Å². The Morgan fingerprint density at radius 1 is 1.24 bits per heavy atom. The Bertz CT molecular complexity index is 747. The number of nitro groups is 1. The molecule has 0 aliphatic carbocycles. The molecule has 1 amide bonds. The van der Waals surface area contributed by atoms with E-state index in [-0.39, 0.29) is 23.8 Å². The number of benzene rings is 2. The highest BCUT2D eigenvalue weighted by Crippen LogP contribution is 2.39. The molecule has 3 rings (SSSR count). The average molecular weight is 304 g/mol. The standard InChI is InChI=1S/C14H9FN2O3S/c15-9-1-3-10(4-2-9)21-13-7-11-8(6-14(18)16-11)5-12(13)17(19)20/h1-5,7H,6H2,(H,16,18). The highest BCUT2D eigenvalue weighted by Gasteiger charge is 2.25. The van der Waals surface area contributed by atoms with Crippen LogP contribution in [0.15, 0.2) is 46.2 Å². The summed E-state index contributed by atoms with van der Waals surface area (Å²) in [5.41, 5.74) is 1.16. The molecule has 106 valence electrons. The maximum absolute atomic E-state index is 12.9. The number of amides is 1. The maximum Gasteiger partial charge on any atom is 0.283 e. The van der Waals surface area contributed by atoms with Gasteiger partial charge >= 0.3 is 0 Å². The molecule has 1 aliphatic rings. The molecule has 0 saturated heterocycles. The molecule has 0 radical (unpaired) electrons. The zero-order valence-electron chi connectivity index (χ0n) is 10.6. The third kappa shape index (κ3) is 2.73. The van der Waals surface area contributed by atoms with Gasteiger partial charge in [0.05, 0.1) is 16.2 Å². The first-order valence-corrected chi connectivity index (χ1v) is 6.89. The lowest BCUT2D eigenvalue weighted by Crippen LogP contribution is -2.03. The van der Waals surface area contributed by atoms with Crippen LogP contribution in [0.5, 0.6) is 0 Å². The second-order valence-corrected chi connectivity index (χ2v) is 5.63. The van der Waals surface area contributed by atoms with Crippen molar-refractivity contribution < 1.29 is 14.1 Å². The average Bonchev–Trinajstić information content (AvgIpc) is 2.79. The molecular formula is C14H9FN2O3S. The molecule has 0 atom stereocenters. The van der Waals surface area contributed by atoms with Crippen LogP contribution in [0.1, 0.15) is 5.56 Å². The number of hydrogen-bond donors (Lipinski definition) is 1. The number of rotatable bonds is 3. The van der Waals surface area contributed by atoms with Crippen molar-refractivity contribution >= 4 is 29.0 Å². The summed E-state index contributed by atoms with van der Waals surface area (Å²) in [6.45, 7) is 0. The van der Waals surface area contributed by atoms with Gasteiger partial charge in [-0.15, -0.1) is 0 Å². The van der Waals surface area contributed by atoms with E-state index < -0.39 is 4.92 Å². The summed E-state index contributed by atoms with van der Waals surface area (Å²) in [5.74, 6) is -0.543. The molecule has 1 heterocycles. The minimum atomic E-state index is -0.477. The van der Waals surface area contributed by atoms with Crippen LogP contribution in [-0.4, -0.2) is 10.8 Å². The van der Waals surface area contributed by atoms with Crippen molar-refractivity contribution in [2.75, 3.05) is 5.32 Å². The van der Waals surface area contributed by atoms with Gasteiger partial charge in [0, 0.05) is 16.6 Å². The number of carbonyl (C=O) groups is 1. The van der Waals surface area contributed by atoms with E-state index in [1.54, 1.807) is 18.2 Å². The van der Waals surface area contributed by atoms with E-state index in [0.717, 1.165) is 11.8 Å². The van der Waals surface area contributed by atoms with Crippen molar-refractivity contribution in [2.24, 2.45) is 0 Å². The van der Waals surface area contributed by atoms with Gasteiger partial charge in [0.1, 0.15) is 5.82 Å². The van der Waals surface area contributed by atoms with Crippen molar-refractivity contribution in [1.29, 1.82) is 0 Å². The molecule has 0 saturated carbocycles. The fourth-order valence-electron chi connectivity index (χ4n) is 2.10. The van der Waals surface area contributed by atoms with Crippen LogP contribution in [-0.2, 0) is 11.2 Å². The normalized spacial score (nSPS) is 12.9. The molecule has 2 aromatic rings. The number of nitrogens with one attached hydrogen (secondary N) is 1. The van der Waals surface area contributed by atoms with Gasteiger partial charge < -0.3 is 5.32 Å². The van der Waals surface area contributed by atoms with Gasteiger partial charge in [0.25, 0.3) is 5.69 Å². The summed E-state index contributed by atoms with van der Waals surface area (Å²) in [4.78, 5) is 23.1. The van der Waals surface area contributed by atoms with Crippen LogP contribution in [0.25, 0.3) is 0 Å². The SMILES string of the molecule is O=C1Cc2cc([N+](=O)[O-])c(Sc3ccc(F)cc3)cc2N1. The molecule has 7 heteroatoms. The summed E-state index contributed by atoms with van der Waals surface area (Å²) in [7, 11) is 0. The summed E-state index contributed by atoms with van der Waals surface area (Å²) < 4.78 is 12.9. The number of halogens is 1. The van der Waals surface area contributed by atoms with E-state index in [1.807, 2.05) is 0 Å². The van der Waals surface area contributed by atoms with E-state index in [4.69, 9.17) is 0 Å². The topological polar surface area (TPSA) is 72.2 Å². The Hall–Kier alpha value is -2.41. The summed E-state index contributed by atoms with van der Waals surface area (Å²) >= 11 is 1.16. The number of nitrogens with zero attached hydrogens (tertiary/aromatic N) is 1. The van der Waals surface area contributed by atoms with E-state index in [0.29, 0.717) is 21.0 Å². The first-order valence-electron chi connectivity index (χ1n) is 6.07. The zero-order chi connectivity index (χ0) is 15.0. The molecule has 0 unspecified atom stereocenters. The van der Waals surface area contributed by atoms with Gasteiger partial charge in [0.15, 0.2) is 0 Å².